The minimum atomic E-state index is -3.57. The number of para-hydroxylation sites is 2. The molecule has 0 radical (unpaired) electrons. The molecule has 0 spiro atoms. The van der Waals surface area contributed by atoms with Gasteiger partial charge in [0.1, 0.15) is 6.61 Å². The van der Waals surface area contributed by atoms with Crippen LogP contribution >= 0.6 is 0 Å². The van der Waals surface area contributed by atoms with Crippen molar-refractivity contribution < 1.29 is 22.7 Å². The van der Waals surface area contributed by atoms with Crippen LogP contribution in [0.25, 0.3) is 0 Å². The number of aryl methyl sites for hydroxylation is 1. The lowest BCUT2D eigenvalue weighted by Gasteiger charge is -2.36. The van der Waals surface area contributed by atoms with E-state index in [0.29, 0.717) is 29.5 Å². The number of ether oxygens (including phenoxy) is 2. The second-order valence-electron chi connectivity index (χ2n) is 7.49. The zero-order valence-corrected chi connectivity index (χ0v) is 17.8. The number of carbonyl (C=O) groups is 1. The van der Waals surface area contributed by atoms with Gasteiger partial charge in [-0.3, -0.25) is 4.79 Å². The van der Waals surface area contributed by atoms with E-state index >= 15 is 0 Å². The first-order valence-electron chi connectivity index (χ1n) is 10.3. The molecule has 0 N–H and O–H groups in total. The predicted molar refractivity (Wildman–Crippen MR) is 112 cm³/mol. The van der Waals surface area contributed by atoms with Crippen molar-refractivity contribution in [2.24, 2.45) is 0 Å². The zero-order valence-electron chi connectivity index (χ0n) is 17.0. The van der Waals surface area contributed by atoms with Gasteiger partial charge in [0, 0.05) is 26.2 Å². The van der Waals surface area contributed by atoms with Crippen LogP contribution in [0.3, 0.4) is 0 Å². The van der Waals surface area contributed by atoms with E-state index in [2.05, 4.69) is 6.92 Å². The summed E-state index contributed by atoms with van der Waals surface area (Å²) < 4.78 is 38.8. The number of nitrogens with zero attached hydrogens (tertiary/aromatic N) is 2. The van der Waals surface area contributed by atoms with Crippen LogP contribution < -0.4 is 9.47 Å². The molecule has 0 aromatic heterocycles. The minimum absolute atomic E-state index is 0.151. The van der Waals surface area contributed by atoms with E-state index in [0.717, 1.165) is 18.4 Å². The number of piperazine rings is 1. The Kier molecular flexibility index (Phi) is 5.97. The maximum Gasteiger partial charge on any atom is 0.267 e. The van der Waals surface area contributed by atoms with E-state index in [4.69, 9.17) is 9.47 Å². The Morgan fingerprint density at radius 3 is 2.33 bits per heavy atom. The molecule has 160 valence electrons. The van der Waals surface area contributed by atoms with Crippen LogP contribution in [0.15, 0.2) is 53.4 Å². The minimum Gasteiger partial charge on any atom is -0.485 e. The number of rotatable bonds is 5. The number of hydrogen-bond acceptors (Lipinski definition) is 5. The average Bonchev–Trinajstić information content (AvgIpc) is 2.79. The van der Waals surface area contributed by atoms with Crippen molar-refractivity contribution in [1.29, 1.82) is 0 Å². The van der Waals surface area contributed by atoms with Crippen LogP contribution in [0.2, 0.25) is 0 Å². The van der Waals surface area contributed by atoms with Gasteiger partial charge in [0.15, 0.2) is 11.5 Å². The summed E-state index contributed by atoms with van der Waals surface area (Å²) >= 11 is 0. The molecule has 2 heterocycles. The molecule has 1 atom stereocenters. The highest BCUT2D eigenvalue weighted by Gasteiger charge is 2.35. The van der Waals surface area contributed by atoms with Crippen molar-refractivity contribution >= 4 is 15.9 Å². The van der Waals surface area contributed by atoms with Crippen molar-refractivity contribution in [3.63, 3.8) is 0 Å². The molecule has 1 amide bonds. The highest BCUT2D eigenvalue weighted by Crippen LogP contribution is 2.31. The predicted octanol–water partition coefficient (Wildman–Crippen LogP) is 2.31. The highest BCUT2D eigenvalue weighted by atomic mass is 32.2. The molecule has 2 aromatic rings. The third kappa shape index (κ3) is 4.15. The Hall–Kier alpha value is -2.58. The molecule has 0 aliphatic carbocycles. The summed E-state index contributed by atoms with van der Waals surface area (Å²) in [5.41, 5.74) is 1.13. The highest BCUT2D eigenvalue weighted by molar-refractivity contribution is 7.89. The van der Waals surface area contributed by atoms with Crippen LogP contribution in [0, 0.1) is 0 Å². The summed E-state index contributed by atoms with van der Waals surface area (Å²) in [7, 11) is -3.57. The summed E-state index contributed by atoms with van der Waals surface area (Å²) in [6, 6.07) is 14.3. The molecule has 1 fully saturated rings. The maximum atomic E-state index is 12.9. The molecule has 0 bridgehead atoms. The molecule has 2 aliphatic rings. The largest absolute Gasteiger partial charge is 0.485 e. The lowest BCUT2D eigenvalue weighted by molar-refractivity contribution is -0.142. The first-order valence-corrected chi connectivity index (χ1v) is 11.7. The Morgan fingerprint density at radius 1 is 1.00 bits per heavy atom. The zero-order chi connectivity index (χ0) is 21.1. The fraction of sp³-hybridized carbons (Fsp3) is 0.409. The van der Waals surface area contributed by atoms with E-state index in [-0.39, 0.29) is 25.6 Å². The van der Waals surface area contributed by atoms with Gasteiger partial charge in [0.25, 0.3) is 5.91 Å². The van der Waals surface area contributed by atoms with Gasteiger partial charge in [-0.15, -0.1) is 0 Å². The third-order valence-electron chi connectivity index (χ3n) is 5.43. The molecule has 4 rings (SSSR count). The summed E-state index contributed by atoms with van der Waals surface area (Å²) in [5, 5.41) is 0. The molecule has 8 heteroatoms. The van der Waals surface area contributed by atoms with E-state index in [1.807, 2.05) is 24.3 Å². The first kappa shape index (κ1) is 20.7. The van der Waals surface area contributed by atoms with Crippen molar-refractivity contribution in [3.05, 3.63) is 54.1 Å². The summed E-state index contributed by atoms with van der Waals surface area (Å²) in [6.45, 7) is 3.41. The Labute approximate surface area is 177 Å². The number of amides is 1. The average molecular weight is 431 g/mol. The number of fused-ring (bicyclic) bond motifs is 1. The van der Waals surface area contributed by atoms with Gasteiger partial charge >= 0.3 is 0 Å². The smallest absolute Gasteiger partial charge is 0.267 e. The first-order chi connectivity index (χ1) is 14.5. The van der Waals surface area contributed by atoms with Gasteiger partial charge in [-0.25, -0.2) is 8.42 Å². The van der Waals surface area contributed by atoms with Crippen LogP contribution in [-0.4, -0.2) is 62.4 Å². The fourth-order valence-corrected chi connectivity index (χ4v) is 5.18. The molecule has 7 nitrogen and oxygen atoms in total. The van der Waals surface area contributed by atoms with Gasteiger partial charge in [0.05, 0.1) is 4.90 Å². The van der Waals surface area contributed by atoms with Crippen LogP contribution in [0.1, 0.15) is 18.9 Å². The molecule has 30 heavy (non-hydrogen) atoms. The van der Waals surface area contributed by atoms with Gasteiger partial charge in [-0.2, -0.15) is 4.31 Å². The molecular formula is C22H26N2O5S. The lowest BCUT2D eigenvalue weighted by Crippen LogP contribution is -2.55. The maximum absolute atomic E-state index is 12.9. The topological polar surface area (TPSA) is 76.2 Å². The van der Waals surface area contributed by atoms with Crippen LogP contribution in [-0.2, 0) is 21.2 Å². The quantitative estimate of drug-likeness (QED) is 0.728. The lowest BCUT2D eigenvalue weighted by atomic mass is 10.1. The molecule has 1 unspecified atom stereocenters. The molecular weight excluding hydrogens is 404 g/mol. The van der Waals surface area contributed by atoms with Gasteiger partial charge in [-0.1, -0.05) is 37.6 Å². The fourth-order valence-electron chi connectivity index (χ4n) is 3.76. The van der Waals surface area contributed by atoms with Crippen LogP contribution in [0.5, 0.6) is 11.5 Å². The number of carbonyl (C=O) groups excluding carboxylic acids is 1. The van der Waals surface area contributed by atoms with Crippen LogP contribution in [0.4, 0.5) is 0 Å². The van der Waals surface area contributed by atoms with Gasteiger partial charge in [-0.05, 0) is 36.2 Å². The molecule has 2 aliphatic heterocycles. The summed E-state index contributed by atoms with van der Waals surface area (Å²) in [6.07, 6.45) is 1.23. The standard InChI is InChI=1S/C22H26N2O5S/c1-2-5-17-8-10-18(11-9-17)30(26,27)24-14-12-23(13-15-24)22(25)21-16-28-19-6-3-4-7-20(19)29-21/h3-4,6-11,21H,2,5,12-16H2,1H3. The molecule has 1 saturated heterocycles. The Bertz CT molecular complexity index is 998. The second kappa shape index (κ2) is 8.65. The monoisotopic (exact) mass is 430 g/mol. The SMILES string of the molecule is CCCc1ccc(S(=O)(=O)N2CCN(C(=O)C3COc4ccccc4O3)CC2)cc1. The number of sulfonamides is 1. The van der Waals surface area contributed by atoms with Crippen molar-refractivity contribution in [2.75, 3.05) is 32.8 Å². The van der Waals surface area contributed by atoms with Crippen molar-refractivity contribution in [2.45, 2.75) is 30.8 Å². The van der Waals surface area contributed by atoms with E-state index in [9.17, 15) is 13.2 Å². The van der Waals surface area contributed by atoms with Gasteiger partial charge in [0.2, 0.25) is 16.1 Å². The normalized spacial score (nSPS) is 19.5. The Morgan fingerprint density at radius 2 is 1.67 bits per heavy atom. The van der Waals surface area contributed by atoms with E-state index < -0.39 is 16.1 Å². The summed E-state index contributed by atoms with van der Waals surface area (Å²) in [5.74, 6) is 1.00. The van der Waals surface area contributed by atoms with E-state index in [1.165, 1.54) is 4.31 Å². The van der Waals surface area contributed by atoms with Crippen molar-refractivity contribution in [1.82, 2.24) is 9.21 Å². The number of benzene rings is 2. The van der Waals surface area contributed by atoms with E-state index in [1.54, 1.807) is 29.2 Å². The Balaban J connectivity index is 1.37. The third-order valence-corrected chi connectivity index (χ3v) is 7.35. The van der Waals surface area contributed by atoms with Gasteiger partial charge < -0.3 is 14.4 Å². The number of hydrogen-bond donors (Lipinski definition) is 0. The summed E-state index contributed by atoms with van der Waals surface area (Å²) in [4.78, 5) is 14.8. The second-order valence-corrected chi connectivity index (χ2v) is 9.43. The molecule has 0 saturated carbocycles. The molecule has 2 aromatic carbocycles. The van der Waals surface area contributed by atoms with Crippen molar-refractivity contribution in [3.8, 4) is 11.5 Å².